The topological polar surface area (TPSA) is 86.7 Å². The maximum atomic E-state index is 12.1. The van der Waals surface area contributed by atoms with Crippen molar-refractivity contribution in [1.82, 2.24) is 0 Å². The summed E-state index contributed by atoms with van der Waals surface area (Å²) in [6, 6.07) is 4.19. The van der Waals surface area contributed by atoms with E-state index >= 15 is 0 Å². The second-order valence-corrected chi connectivity index (χ2v) is 7.77. The third kappa shape index (κ3) is 5.81. The van der Waals surface area contributed by atoms with Crippen LogP contribution in [0.3, 0.4) is 0 Å². The van der Waals surface area contributed by atoms with E-state index in [0.29, 0.717) is 5.56 Å². The minimum absolute atomic E-state index is 0.132. The summed E-state index contributed by atoms with van der Waals surface area (Å²) >= 11 is 0. The Hall–Kier alpha value is -2.50. The maximum absolute atomic E-state index is 12.1. The Balaban J connectivity index is 3.14. The fourth-order valence-corrected chi connectivity index (χ4v) is 1.63. The number of carbonyl (C=O) groups is 4. The molecule has 0 heterocycles. The molecule has 0 aliphatic carbocycles. The van der Waals surface area contributed by atoms with Crippen molar-refractivity contribution in [2.75, 3.05) is 0 Å². The van der Waals surface area contributed by atoms with Gasteiger partial charge in [-0.05, 0) is 59.7 Å². The molecule has 0 bridgehead atoms. The van der Waals surface area contributed by atoms with Crippen molar-refractivity contribution in [1.29, 1.82) is 0 Å². The Labute approximate surface area is 147 Å². The van der Waals surface area contributed by atoms with Crippen molar-refractivity contribution < 1.29 is 28.7 Å². The number of ether oxygens (including phenoxy) is 2. The molecule has 6 heteroatoms. The molecule has 0 aromatic heterocycles. The third-order valence-electron chi connectivity index (χ3n) is 3.24. The smallest absolute Gasteiger partial charge is 0.316 e. The minimum atomic E-state index is -0.726. The van der Waals surface area contributed by atoms with Gasteiger partial charge >= 0.3 is 11.9 Å². The predicted octanol–water partition coefficient (Wildman–Crippen LogP) is 3.11. The van der Waals surface area contributed by atoms with Crippen molar-refractivity contribution in [3.05, 3.63) is 29.3 Å². The molecule has 0 amide bonds. The van der Waals surface area contributed by atoms with Crippen LogP contribution in [0.2, 0.25) is 0 Å². The molecule has 0 aliphatic heterocycles. The fourth-order valence-electron chi connectivity index (χ4n) is 1.63. The van der Waals surface area contributed by atoms with Crippen LogP contribution >= 0.6 is 0 Å². The van der Waals surface area contributed by atoms with Gasteiger partial charge in [-0.25, -0.2) is 0 Å². The Morgan fingerprint density at radius 3 is 2.00 bits per heavy atom. The molecule has 0 unspecified atom stereocenters. The molecule has 0 atom stereocenters. The molecule has 0 radical (unpaired) electrons. The van der Waals surface area contributed by atoms with Crippen LogP contribution in [0, 0.1) is 10.8 Å². The SMILES string of the molecule is CC(C)(C)C(=O)OCc1cc(C(=O)C=O)ccc1OC(=O)C(C)(C)C. The average Bonchev–Trinajstić information content (AvgIpc) is 2.50. The standard InChI is InChI=1S/C19H24O6/c1-18(2,3)16(22)24-11-13-9-12(14(21)10-20)7-8-15(13)25-17(23)19(4,5)6/h7-10H,11H2,1-6H3. The van der Waals surface area contributed by atoms with E-state index in [1.807, 2.05) is 0 Å². The second kappa shape index (κ2) is 7.59. The molecule has 6 nitrogen and oxygen atoms in total. The zero-order valence-electron chi connectivity index (χ0n) is 15.5. The lowest BCUT2D eigenvalue weighted by Gasteiger charge is -2.20. The first-order valence-corrected chi connectivity index (χ1v) is 7.88. The van der Waals surface area contributed by atoms with Crippen LogP contribution in [0.15, 0.2) is 18.2 Å². The van der Waals surface area contributed by atoms with Crippen LogP contribution < -0.4 is 4.74 Å². The highest BCUT2D eigenvalue weighted by molar-refractivity contribution is 6.33. The van der Waals surface area contributed by atoms with Gasteiger partial charge in [-0.1, -0.05) is 0 Å². The lowest BCUT2D eigenvalue weighted by molar-refractivity contribution is -0.154. The molecular weight excluding hydrogens is 324 g/mol. The molecule has 136 valence electrons. The van der Waals surface area contributed by atoms with Gasteiger partial charge in [0.05, 0.1) is 10.8 Å². The summed E-state index contributed by atoms with van der Waals surface area (Å²) in [5.41, 5.74) is -0.954. The van der Waals surface area contributed by atoms with Crippen LogP contribution in [0.25, 0.3) is 0 Å². The number of ketones is 1. The van der Waals surface area contributed by atoms with E-state index in [2.05, 4.69) is 0 Å². The molecular formula is C19H24O6. The Bertz CT molecular complexity index is 689. The van der Waals surface area contributed by atoms with Gasteiger partial charge in [0.25, 0.3) is 0 Å². The quantitative estimate of drug-likeness (QED) is 0.267. The summed E-state index contributed by atoms with van der Waals surface area (Å²) in [4.78, 5) is 46.3. The normalized spacial score (nSPS) is 11.6. The second-order valence-electron chi connectivity index (χ2n) is 7.77. The van der Waals surface area contributed by atoms with Crippen LogP contribution in [0.5, 0.6) is 5.75 Å². The molecule has 1 aromatic carbocycles. The van der Waals surface area contributed by atoms with Crippen molar-refractivity contribution in [2.24, 2.45) is 10.8 Å². The molecule has 25 heavy (non-hydrogen) atoms. The molecule has 1 rings (SSSR count). The largest absolute Gasteiger partial charge is 0.460 e. The van der Waals surface area contributed by atoms with Crippen LogP contribution in [-0.2, 0) is 25.7 Å². The number of benzene rings is 1. The van der Waals surface area contributed by atoms with E-state index in [9.17, 15) is 19.2 Å². The van der Waals surface area contributed by atoms with Crippen molar-refractivity contribution >= 4 is 24.0 Å². The molecule has 0 saturated carbocycles. The van der Waals surface area contributed by atoms with Crippen LogP contribution in [0.4, 0.5) is 0 Å². The van der Waals surface area contributed by atoms with Crippen molar-refractivity contribution in [3.8, 4) is 5.75 Å². The number of aldehydes is 1. The molecule has 0 saturated heterocycles. The maximum Gasteiger partial charge on any atom is 0.316 e. The summed E-state index contributed by atoms with van der Waals surface area (Å²) < 4.78 is 10.6. The Kier molecular flexibility index (Phi) is 6.24. The summed E-state index contributed by atoms with van der Waals surface area (Å²) in [6.07, 6.45) is 0.196. The first-order chi connectivity index (χ1) is 11.4. The van der Waals surface area contributed by atoms with E-state index in [1.165, 1.54) is 18.2 Å². The van der Waals surface area contributed by atoms with Gasteiger partial charge in [0.2, 0.25) is 5.78 Å². The Morgan fingerprint density at radius 2 is 1.52 bits per heavy atom. The highest BCUT2D eigenvalue weighted by Gasteiger charge is 2.26. The van der Waals surface area contributed by atoms with Gasteiger partial charge in [0.1, 0.15) is 12.4 Å². The molecule has 1 aromatic rings. The number of rotatable bonds is 5. The predicted molar refractivity (Wildman–Crippen MR) is 91.2 cm³/mol. The number of Topliss-reactive ketones (excluding diaryl/α,β-unsaturated/α-hetero) is 1. The van der Waals surface area contributed by atoms with Crippen molar-refractivity contribution in [2.45, 2.75) is 48.1 Å². The lowest BCUT2D eigenvalue weighted by atomic mass is 9.97. The lowest BCUT2D eigenvalue weighted by Crippen LogP contribution is -2.26. The summed E-state index contributed by atoms with van der Waals surface area (Å²) in [6.45, 7) is 10.1. The number of esters is 2. The summed E-state index contributed by atoms with van der Waals surface area (Å²) in [7, 11) is 0. The van der Waals surface area contributed by atoms with E-state index in [4.69, 9.17) is 9.47 Å². The van der Waals surface area contributed by atoms with E-state index in [0.717, 1.165) is 0 Å². The number of hydrogen-bond acceptors (Lipinski definition) is 6. The van der Waals surface area contributed by atoms with E-state index in [-0.39, 0.29) is 24.2 Å². The number of hydrogen-bond donors (Lipinski definition) is 0. The van der Waals surface area contributed by atoms with Gasteiger partial charge in [0.15, 0.2) is 6.29 Å². The van der Waals surface area contributed by atoms with Gasteiger partial charge in [0, 0.05) is 11.1 Å². The zero-order valence-corrected chi connectivity index (χ0v) is 15.5. The molecule has 0 spiro atoms. The average molecular weight is 348 g/mol. The van der Waals surface area contributed by atoms with Gasteiger partial charge in [-0.15, -0.1) is 0 Å². The summed E-state index contributed by atoms with van der Waals surface area (Å²) in [5.74, 6) is -1.43. The molecule has 0 aliphatic rings. The van der Waals surface area contributed by atoms with Crippen LogP contribution in [-0.4, -0.2) is 24.0 Å². The molecule has 0 N–H and O–H groups in total. The van der Waals surface area contributed by atoms with Gasteiger partial charge in [-0.2, -0.15) is 0 Å². The minimum Gasteiger partial charge on any atom is -0.460 e. The monoisotopic (exact) mass is 348 g/mol. The first-order valence-electron chi connectivity index (χ1n) is 7.88. The summed E-state index contributed by atoms with van der Waals surface area (Å²) in [5, 5.41) is 0. The Morgan fingerprint density at radius 1 is 0.960 bits per heavy atom. The number of carbonyl (C=O) groups excluding carboxylic acids is 4. The zero-order chi connectivity index (χ0) is 19.4. The van der Waals surface area contributed by atoms with Crippen molar-refractivity contribution in [3.63, 3.8) is 0 Å². The fraction of sp³-hybridized carbons (Fsp3) is 0.474. The molecule has 0 fully saturated rings. The highest BCUT2D eigenvalue weighted by Crippen LogP contribution is 2.26. The third-order valence-corrected chi connectivity index (χ3v) is 3.24. The van der Waals surface area contributed by atoms with Gasteiger partial charge in [-0.3, -0.25) is 19.2 Å². The van der Waals surface area contributed by atoms with Crippen LogP contribution in [0.1, 0.15) is 57.5 Å². The van der Waals surface area contributed by atoms with E-state index in [1.54, 1.807) is 41.5 Å². The van der Waals surface area contributed by atoms with Gasteiger partial charge < -0.3 is 9.47 Å². The first kappa shape index (κ1) is 20.5. The van der Waals surface area contributed by atoms with E-state index < -0.39 is 28.6 Å². The highest BCUT2D eigenvalue weighted by atomic mass is 16.5.